The summed E-state index contributed by atoms with van der Waals surface area (Å²) in [5, 5.41) is 5.23. The van der Waals surface area contributed by atoms with Gasteiger partial charge in [-0.2, -0.15) is 5.10 Å². The van der Waals surface area contributed by atoms with Crippen LogP contribution in [0.3, 0.4) is 0 Å². The lowest BCUT2D eigenvalue weighted by Crippen LogP contribution is -2.31. The van der Waals surface area contributed by atoms with Crippen LogP contribution in [-0.2, 0) is 13.0 Å². The second kappa shape index (κ2) is 8.36. The Labute approximate surface area is 180 Å². The average Bonchev–Trinajstić information content (AvgIpc) is 3.35. The second-order valence-electron chi connectivity index (χ2n) is 7.54. The van der Waals surface area contributed by atoms with Crippen LogP contribution in [0.15, 0.2) is 48.7 Å². The van der Waals surface area contributed by atoms with Gasteiger partial charge in [-0.25, -0.2) is 4.98 Å². The Kier molecular flexibility index (Phi) is 5.63. The summed E-state index contributed by atoms with van der Waals surface area (Å²) in [4.78, 5) is 24.5. The minimum absolute atomic E-state index is 0.166. The number of fused-ring (bicyclic) bond motifs is 1. The molecule has 4 aromatic rings. The Morgan fingerprint density at radius 1 is 1.20 bits per heavy atom. The van der Waals surface area contributed by atoms with Crippen LogP contribution in [0.4, 0.5) is 5.13 Å². The van der Waals surface area contributed by atoms with Crippen molar-refractivity contribution >= 4 is 32.6 Å². The molecule has 1 aromatic carbocycles. The number of para-hydroxylation sites is 1. The predicted molar refractivity (Wildman–Crippen MR) is 121 cm³/mol. The van der Waals surface area contributed by atoms with Gasteiger partial charge in [-0.15, -0.1) is 0 Å². The minimum atomic E-state index is -0.166. The van der Waals surface area contributed by atoms with Crippen LogP contribution in [0.1, 0.15) is 54.3 Å². The van der Waals surface area contributed by atoms with E-state index in [0.717, 1.165) is 28.0 Å². The molecule has 154 valence electrons. The number of rotatable bonds is 6. The predicted octanol–water partition coefficient (Wildman–Crippen LogP) is 5.19. The number of hydrogen-bond acceptors (Lipinski definition) is 5. The Balaban J connectivity index is 1.78. The second-order valence-corrected chi connectivity index (χ2v) is 8.54. The molecule has 0 unspecified atom stereocenters. The number of amides is 1. The summed E-state index contributed by atoms with van der Waals surface area (Å²) in [6.07, 6.45) is 2.63. The zero-order valence-corrected chi connectivity index (χ0v) is 18.5. The maximum atomic E-state index is 13.6. The van der Waals surface area contributed by atoms with E-state index in [1.54, 1.807) is 11.1 Å². The van der Waals surface area contributed by atoms with E-state index < -0.39 is 0 Å². The highest BCUT2D eigenvalue weighted by Crippen LogP contribution is 2.32. The van der Waals surface area contributed by atoms with E-state index in [1.807, 2.05) is 41.9 Å². The monoisotopic (exact) mass is 419 g/mol. The molecule has 0 fully saturated rings. The molecule has 0 aliphatic carbocycles. The normalized spacial score (nSPS) is 11.4. The van der Waals surface area contributed by atoms with Crippen LogP contribution >= 0.6 is 11.3 Å². The van der Waals surface area contributed by atoms with Gasteiger partial charge in [0.1, 0.15) is 0 Å². The van der Waals surface area contributed by atoms with Crippen molar-refractivity contribution < 1.29 is 4.79 Å². The van der Waals surface area contributed by atoms with Crippen molar-refractivity contribution in [1.29, 1.82) is 0 Å². The van der Waals surface area contributed by atoms with Gasteiger partial charge in [0.15, 0.2) is 10.8 Å². The van der Waals surface area contributed by atoms with E-state index in [2.05, 4.69) is 43.0 Å². The topological polar surface area (TPSA) is 63.9 Å². The van der Waals surface area contributed by atoms with Gasteiger partial charge >= 0.3 is 0 Å². The van der Waals surface area contributed by atoms with Crippen molar-refractivity contribution in [3.63, 3.8) is 0 Å². The first-order chi connectivity index (χ1) is 14.5. The van der Waals surface area contributed by atoms with E-state index in [1.165, 1.54) is 16.9 Å². The van der Waals surface area contributed by atoms with Gasteiger partial charge in [0.05, 0.1) is 22.5 Å². The molecular formula is C23H25N5OS. The number of carbonyl (C=O) groups excluding carboxylic acids is 1. The Hall–Kier alpha value is -3.06. The van der Waals surface area contributed by atoms with E-state index in [4.69, 9.17) is 4.98 Å². The molecule has 0 saturated carbocycles. The molecule has 0 N–H and O–H groups in total. The largest absolute Gasteiger partial charge is 0.280 e. The number of carbonyl (C=O) groups is 1. The molecule has 6 nitrogen and oxygen atoms in total. The van der Waals surface area contributed by atoms with Gasteiger partial charge in [0.2, 0.25) is 0 Å². The first kappa shape index (κ1) is 20.2. The smallest absolute Gasteiger partial charge is 0.276 e. The average molecular weight is 420 g/mol. The van der Waals surface area contributed by atoms with Crippen LogP contribution in [0.25, 0.3) is 10.2 Å². The molecule has 4 rings (SSSR count). The summed E-state index contributed by atoms with van der Waals surface area (Å²) in [7, 11) is 0. The number of aromatic nitrogens is 4. The summed E-state index contributed by atoms with van der Waals surface area (Å²) in [5.74, 6) is -0.166. The molecule has 0 spiro atoms. The van der Waals surface area contributed by atoms with Crippen molar-refractivity contribution in [3.8, 4) is 0 Å². The van der Waals surface area contributed by atoms with E-state index in [-0.39, 0.29) is 11.9 Å². The van der Waals surface area contributed by atoms with Crippen LogP contribution in [0.2, 0.25) is 0 Å². The first-order valence-electron chi connectivity index (χ1n) is 10.1. The van der Waals surface area contributed by atoms with Crippen molar-refractivity contribution in [2.75, 3.05) is 4.90 Å². The highest BCUT2D eigenvalue weighted by molar-refractivity contribution is 7.22. The quantitative estimate of drug-likeness (QED) is 0.432. The third-order valence-corrected chi connectivity index (χ3v) is 6.07. The summed E-state index contributed by atoms with van der Waals surface area (Å²) in [5.41, 5.74) is 4.33. The van der Waals surface area contributed by atoms with Crippen LogP contribution < -0.4 is 4.90 Å². The van der Waals surface area contributed by atoms with E-state index >= 15 is 0 Å². The van der Waals surface area contributed by atoms with Crippen LogP contribution in [0, 0.1) is 6.92 Å². The standard InChI is InChI=1S/C23H25N5OS/c1-5-17-9-8-11-20-21(17)25-23(30-20)27(14-18-10-6-7-12-24-18)22(29)19-13-16(4)28(26-19)15(2)3/h6-13,15H,5,14H2,1-4H3. The lowest BCUT2D eigenvalue weighted by molar-refractivity contribution is 0.0979. The minimum Gasteiger partial charge on any atom is -0.276 e. The molecule has 0 atom stereocenters. The molecule has 0 aliphatic heterocycles. The van der Waals surface area contributed by atoms with Crippen molar-refractivity contribution in [1.82, 2.24) is 19.7 Å². The Bertz CT molecular complexity index is 1180. The highest BCUT2D eigenvalue weighted by Gasteiger charge is 2.25. The fourth-order valence-electron chi connectivity index (χ4n) is 3.53. The molecule has 0 radical (unpaired) electrons. The Morgan fingerprint density at radius 3 is 2.70 bits per heavy atom. The number of anilines is 1. The number of pyridine rings is 1. The van der Waals surface area contributed by atoms with E-state index in [9.17, 15) is 4.79 Å². The molecule has 0 aliphatic rings. The third-order valence-electron chi connectivity index (χ3n) is 5.03. The maximum absolute atomic E-state index is 13.6. The van der Waals surface area contributed by atoms with Gasteiger partial charge in [0, 0.05) is 17.9 Å². The highest BCUT2D eigenvalue weighted by atomic mass is 32.1. The fourth-order valence-corrected chi connectivity index (χ4v) is 4.54. The molecule has 1 amide bonds. The van der Waals surface area contributed by atoms with Crippen LogP contribution in [-0.4, -0.2) is 25.7 Å². The summed E-state index contributed by atoms with van der Waals surface area (Å²) in [6.45, 7) is 8.54. The number of thiazole rings is 1. The van der Waals surface area contributed by atoms with E-state index in [0.29, 0.717) is 17.4 Å². The first-order valence-corrected chi connectivity index (χ1v) is 11.0. The number of benzene rings is 1. The molecule has 3 heterocycles. The summed E-state index contributed by atoms with van der Waals surface area (Å²) in [6, 6.07) is 13.9. The molecule has 0 saturated heterocycles. The molecule has 30 heavy (non-hydrogen) atoms. The SMILES string of the molecule is CCc1cccc2sc(N(Cc3ccccn3)C(=O)c3cc(C)n(C(C)C)n3)nc12. The summed E-state index contributed by atoms with van der Waals surface area (Å²) >= 11 is 1.53. The van der Waals surface area contributed by atoms with Gasteiger partial charge < -0.3 is 0 Å². The zero-order chi connectivity index (χ0) is 21.3. The zero-order valence-electron chi connectivity index (χ0n) is 17.7. The molecule has 0 bridgehead atoms. The van der Waals surface area contributed by atoms with Gasteiger partial charge in [-0.3, -0.25) is 19.4 Å². The van der Waals surface area contributed by atoms with Gasteiger partial charge in [-0.1, -0.05) is 36.5 Å². The maximum Gasteiger partial charge on any atom is 0.280 e. The van der Waals surface area contributed by atoms with Crippen molar-refractivity contribution in [3.05, 3.63) is 71.3 Å². The number of nitrogens with zero attached hydrogens (tertiary/aromatic N) is 5. The lowest BCUT2D eigenvalue weighted by atomic mass is 10.1. The fraction of sp³-hybridized carbons (Fsp3) is 0.304. The summed E-state index contributed by atoms with van der Waals surface area (Å²) < 4.78 is 2.95. The molecule has 7 heteroatoms. The molecule has 3 aromatic heterocycles. The lowest BCUT2D eigenvalue weighted by Gasteiger charge is -2.18. The van der Waals surface area contributed by atoms with Crippen molar-refractivity contribution in [2.45, 2.75) is 46.7 Å². The van der Waals surface area contributed by atoms with Gasteiger partial charge in [0.25, 0.3) is 5.91 Å². The van der Waals surface area contributed by atoms with Crippen molar-refractivity contribution in [2.24, 2.45) is 0 Å². The molecular weight excluding hydrogens is 394 g/mol. The van der Waals surface area contributed by atoms with Gasteiger partial charge in [-0.05, 0) is 57.0 Å². The Morgan fingerprint density at radius 2 is 2.03 bits per heavy atom. The number of aryl methyl sites for hydroxylation is 2. The van der Waals surface area contributed by atoms with Crippen LogP contribution in [0.5, 0.6) is 0 Å². The third kappa shape index (κ3) is 3.85. The number of hydrogen-bond donors (Lipinski definition) is 0.